The molecule has 33 heavy (non-hydrogen) atoms. The molecule has 2 saturated heterocycles. The van der Waals surface area contributed by atoms with Gasteiger partial charge in [0.1, 0.15) is 4.90 Å². The molecule has 2 aromatic carbocycles. The maximum atomic E-state index is 13.7. The molecule has 6 nitrogen and oxygen atoms in total. The number of anilines is 2. The Morgan fingerprint density at radius 1 is 0.879 bits per heavy atom. The lowest BCUT2D eigenvalue weighted by Gasteiger charge is -2.33. The van der Waals surface area contributed by atoms with Crippen molar-refractivity contribution in [3.05, 3.63) is 53.6 Å². The largest absolute Gasteiger partial charge is 0.370 e. The first-order chi connectivity index (χ1) is 15.9. The van der Waals surface area contributed by atoms with E-state index in [1.165, 1.54) is 6.42 Å². The number of nitrogens with one attached hydrogen (secondary N) is 1. The Morgan fingerprint density at radius 2 is 1.52 bits per heavy atom. The molecule has 1 amide bonds. The Labute approximate surface area is 198 Å². The highest BCUT2D eigenvalue weighted by Gasteiger charge is 2.31. The van der Waals surface area contributed by atoms with Crippen LogP contribution in [0.25, 0.3) is 0 Å². The average molecular weight is 470 g/mol. The molecule has 4 rings (SSSR count). The molecule has 2 heterocycles. The molecule has 2 aliphatic heterocycles. The second kappa shape index (κ2) is 10.3. The Hall–Kier alpha value is -2.38. The molecule has 0 saturated carbocycles. The van der Waals surface area contributed by atoms with E-state index in [1.807, 2.05) is 30.3 Å². The van der Waals surface area contributed by atoms with Crippen molar-refractivity contribution in [2.45, 2.75) is 63.2 Å². The van der Waals surface area contributed by atoms with E-state index < -0.39 is 10.0 Å². The number of rotatable bonds is 6. The molecule has 2 fully saturated rings. The van der Waals surface area contributed by atoms with E-state index in [0.717, 1.165) is 62.1 Å². The van der Waals surface area contributed by atoms with Gasteiger partial charge in [-0.15, -0.1) is 0 Å². The van der Waals surface area contributed by atoms with E-state index in [9.17, 15) is 13.2 Å². The van der Waals surface area contributed by atoms with Crippen molar-refractivity contribution in [3.8, 4) is 0 Å². The fourth-order valence-corrected chi connectivity index (χ4v) is 6.57. The van der Waals surface area contributed by atoms with Crippen molar-refractivity contribution in [2.24, 2.45) is 0 Å². The molecule has 7 heteroatoms. The van der Waals surface area contributed by atoms with Crippen LogP contribution >= 0.6 is 0 Å². The third kappa shape index (κ3) is 5.25. The summed E-state index contributed by atoms with van der Waals surface area (Å²) in [5.41, 5.74) is 2.90. The van der Waals surface area contributed by atoms with Crippen LogP contribution < -0.4 is 10.2 Å². The van der Waals surface area contributed by atoms with Crippen LogP contribution in [0, 0.1) is 0 Å². The van der Waals surface area contributed by atoms with Crippen molar-refractivity contribution < 1.29 is 13.2 Å². The lowest BCUT2D eigenvalue weighted by Crippen LogP contribution is -2.37. The number of benzene rings is 2. The third-order valence-corrected chi connectivity index (χ3v) is 8.61. The summed E-state index contributed by atoms with van der Waals surface area (Å²) in [7, 11) is -3.68. The smallest absolute Gasteiger partial charge is 0.255 e. The standard InChI is InChI=1S/C26H35N3O3S/c1-20(2)22-11-5-6-12-23(22)27-26(30)21-13-14-24(28-15-7-3-8-16-28)25(19-21)33(31,32)29-17-9-4-10-18-29/h5-6,11-14,19-20H,3-4,7-10,15-18H2,1-2H3,(H,27,30). The molecule has 0 aliphatic carbocycles. The van der Waals surface area contributed by atoms with Crippen LogP contribution in [0.1, 0.15) is 74.2 Å². The zero-order valence-electron chi connectivity index (χ0n) is 19.7. The molecule has 0 aromatic heterocycles. The van der Waals surface area contributed by atoms with E-state index in [4.69, 9.17) is 0 Å². The number of piperidine rings is 2. The van der Waals surface area contributed by atoms with Gasteiger partial charge in [0.15, 0.2) is 0 Å². The summed E-state index contributed by atoms with van der Waals surface area (Å²) < 4.78 is 29.0. The Balaban J connectivity index is 1.70. The SMILES string of the molecule is CC(C)c1ccccc1NC(=O)c1ccc(N2CCCCC2)c(S(=O)(=O)N2CCCCC2)c1. The van der Waals surface area contributed by atoms with Gasteiger partial charge >= 0.3 is 0 Å². The number of hydrogen-bond acceptors (Lipinski definition) is 4. The number of nitrogens with zero attached hydrogens (tertiary/aromatic N) is 2. The van der Waals surface area contributed by atoms with Gasteiger partial charge in [-0.1, -0.05) is 38.5 Å². The summed E-state index contributed by atoms with van der Waals surface area (Å²) in [5, 5.41) is 3.00. The van der Waals surface area contributed by atoms with Gasteiger partial charge in [-0.25, -0.2) is 8.42 Å². The van der Waals surface area contributed by atoms with Gasteiger partial charge in [-0.05, 0) is 67.9 Å². The van der Waals surface area contributed by atoms with Crippen LogP contribution in [0.4, 0.5) is 11.4 Å². The van der Waals surface area contributed by atoms with Crippen molar-refractivity contribution >= 4 is 27.3 Å². The quantitative estimate of drug-likeness (QED) is 0.629. The third-order valence-electron chi connectivity index (χ3n) is 6.68. The molecular weight excluding hydrogens is 434 g/mol. The lowest BCUT2D eigenvalue weighted by molar-refractivity contribution is 0.102. The van der Waals surface area contributed by atoms with Crippen molar-refractivity contribution in [1.29, 1.82) is 0 Å². The molecular formula is C26H35N3O3S. The van der Waals surface area contributed by atoms with Crippen molar-refractivity contribution in [2.75, 3.05) is 36.4 Å². The lowest BCUT2D eigenvalue weighted by atomic mass is 10.0. The molecule has 2 aromatic rings. The predicted molar refractivity (Wildman–Crippen MR) is 134 cm³/mol. The number of para-hydroxylation sites is 1. The summed E-state index contributed by atoms with van der Waals surface area (Å²) in [4.78, 5) is 15.6. The zero-order chi connectivity index (χ0) is 23.4. The maximum absolute atomic E-state index is 13.7. The van der Waals surface area contributed by atoms with Gasteiger partial charge in [-0.3, -0.25) is 4.79 Å². The predicted octanol–water partition coefficient (Wildman–Crippen LogP) is 5.23. The monoisotopic (exact) mass is 469 g/mol. The van der Waals surface area contributed by atoms with Crippen LogP contribution in [-0.4, -0.2) is 44.8 Å². The van der Waals surface area contributed by atoms with Gasteiger partial charge < -0.3 is 10.2 Å². The highest BCUT2D eigenvalue weighted by molar-refractivity contribution is 7.89. The fraction of sp³-hybridized carbons (Fsp3) is 0.500. The Morgan fingerprint density at radius 3 is 2.18 bits per heavy atom. The minimum Gasteiger partial charge on any atom is -0.370 e. The van der Waals surface area contributed by atoms with Crippen LogP contribution in [0.5, 0.6) is 0 Å². The molecule has 0 bridgehead atoms. The van der Waals surface area contributed by atoms with Crippen LogP contribution in [-0.2, 0) is 10.0 Å². The number of carbonyl (C=O) groups is 1. The van der Waals surface area contributed by atoms with E-state index in [-0.39, 0.29) is 16.7 Å². The van der Waals surface area contributed by atoms with Crippen LogP contribution in [0.15, 0.2) is 47.4 Å². The average Bonchev–Trinajstić information content (AvgIpc) is 2.85. The summed E-state index contributed by atoms with van der Waals surface area (Å²) in [6.45, 7) is 6.94. The second-order valence-electron chi connectivity index (χ2n) is 9.39. The molecule has 1 N–H and O–H groups in total. The van der Waals surface area contributed by atoms with Crippen LogP contribution in [0.3, 0.4) is 0 Å². The normalized spacial score (nSPS) is 17.8. The number of amides is 1. The molecule has 2 aliphatic rings. The first-order valence-electron chi connectivity index (χ1n) is 12.2. The van der Waals surface area contributed by atoms with Crippen LogP contribution in [0.2, 0.25) is 0 Å². The van der Waals surface area contributed by atoms with Gasteiger partial charge in [0.2, 0.25) is 10.0 Å². The number of sulfonamides is 1. The summed E-state index contributed by atoms with van der Waals surface area (Å²) in [6, 6.07) is 12.9. The fourth-order valence-electron chi connectivity index (χ4n) is 4.81. The van der Waals surface area contributed by atoms with Crippen molar-refractivity contribution in [1.82, 2.24) is 4.31 Å². The number of carbonyl (C=O) groups excluding carboxylic acids is 1. The van der Waals surface area contributed by atoms with Gasteiger partial charge in [0, 0.05) is 37.4 Å². The maximum Gasteiger partial charge on any atom is 0.255 e. The van der Waals surface area contributed by atoms with Crippen molar-refractivity contribution in [3.63, 3.8) is 0 Å². The molecule has 178 valence electrons. The molecule has 0 unspecified atom stereocenters. The number of hydrogen-bond donors (Lipinski definition) is 1. The topological polar surface area (TPSA) is 69.7 Å². The molecule has 0 spiro atoms. The van der Waals surface area contributed by atoms with E-state index >= 15 is 0 Å². The van der Waals surface area contributed by atoms with Gasteiger partial charge in [0.05, 0.1) is 5.69 Å². The summed E-state index contributed by atoms with van der Waals surface area (Å²) >= 11 is 0. The second-order valence-corrected chi connectivity index (χ2v) is 11.3. The minimum absolute atomic E-state index is 0.260. The Bertz CT molecular complexity index is 1090. The van der Waals surface area contributed by atoms with E-state index in [0.29, 0.717) is 18.7 Å². The summed E-state index contributed by atoms with van der Waals surface area (Å²) in [5.74, 6) is -0.0265. The van der Waals surface area contributed by atoms with Gasteiger partial charge in [-0.2, -0.15) is 4.31 Å². The zero-order valence-corrected chi connectivity index (χ0v) is 20.5. The molecule has 0 atom stereocenters. The van der Waals surface area contributed by atoms with E-state index in [2.05, 4.69) is 24.1 Å². The van der Waals surface area contributed by atoms with Gasteiger partial charge in [0.25, 0.3) is 5.91 Å². The minimum atomic E-state index is -3.68. The first-order valence-corrected chi connectivity index (χ1v) is 13.6. The first kappa shape index (κ1) is 23.8. The highest BCUT2D eigenvalue weighted by atomic mass is 32.2. The Kier molecular flexibility index (Phi) is 7.39. The summed E-state index contributed by atoms with van der Waals surface area (Å²) in [6.07, 6.45) is 6.09. The highest BCUT2D eigenvalue weighted by Crippen LogP contribution is 2.33. The molecule has 0 radical (unpaired) electrons. The van der Waals surface area contributed by atoms with E-state index in [1.54, 1.807) is 16.4 Å².